The minimum atomic E-state index is 0.616. The smallest absolute Gasteiger partial charge is 0.00541 e. The molecule has 0 radical (unpaired) electrons. The Labute approximate surface area is 90.5 Å². The zero-order chi connectivity index (χ0) is 10.0. The summed E-state index contributed by atoms with van der Waals surface area (Å²) >= 11 is 2.00. The van der Waals surface area contributed by atoms with Crippen LogP contribution in [0.25, 0.3) is 0 Å². The monoisotopic (exact) mass is 209 g/mol. The summed E-state index contributed by atoms with van der Waals surface area (Å²) in [6.45, 7) is 3.42. The summed E-state index contributed by atoms with van der Waals surface area (Å²) in [7, 11) is 2.06. The van der Waals surface area contributed by atoms with E-state index in [1.165, 1.54) is 37.1 Å². The lowest BCUT2D eigenvalue weighted by Gasteiger charge is -2.12. The number of hydrogen-bond donors (Lipinski definition) is 1. The van der Waals surface area contributed by atoms with Gasteiger partial charge in [-0.2, -0.15) is 0 Å². The molecule has 1 nitrogen and oxygen atoms in total. The van der Waals surface area contributed by atoms with Gasteiger partial charge in [0.15, 0.2) is 0 Å². The predicted molar refractivity (Wildman–Crippen MR) is 63.0 cm³/mol. The second-order valence-electron chi connectivity index (χ2n) is 4.43. The predicted octanol–water partition coefficient (Wildman–Crippen LogP) is 2.85. The molecule has 78 valence electrons. The number of nitrogens with one attached hydrogen (secondary N) is 1. The molecular formula is C12H19NS. The topological polar surface area (TPSA) is 12.0 Å². The summed E-state index contributed by atoms with van der Waals surface area (Å²) in [4.78, 5) is 3.11. The van der Waals surface area contributed by atoms with Crippen molar-refractivity contribution in [1.82, 2.24) is 5.32 Å². The molecule has 1 N–H and O–H groups in total. The van der Waals surface area contributed by atoms with E-state index in [4.69, 9.17) is 0 Å². The summed E-state index contributed by atoms with van der Waals surface area (Å²) in [5, 5.41) is 3.32. The van der Waals surface area contributed by atoms with E-state index in [1.54, 1.807) is 4.88 Å². The third-order valence-corrected chi connectivity index (χ3v) is 4.35. The third-order valence-electron chi connectivity index (χ3n) is 3.12. The van der Waals surface area contributed by atoms with Crippen LogP contribution in [0.15, 0.2) is 12.1 Å². The molecule has 1 saturated carbocycles. The summed E-state index contributed by atoms with van der Waals surface area (Å²) in [6, 6.07) is 4.61. The first-order valence-electron chi connectivity index (χ1n) is 5.50. The Morgan fingerprint density at radius 1 is 1.36 bits per heavy atom. The molecule has 2 rings (SSSR count). The van der Waals surface area contributed by atoms with Crippen molar-refractivity contribution in [3.63, 3.8) is 0 Å². The molecule has 1 aliphatic rings. The molecule has 0 atom stereocenters. The van der Waals surface area contributed by atoms with Crippen LogP contribution in [0.2, 0.25) is 0 Å². The highest BCUT2D eigenvalue weighted by molar-refractivity contribution is 7.11. The summed E-state index contributed by atoms with van der Waals surface area (Å²) in [6.07, 6.45) is 5.29. The van der Waals surface area contributed by atoms with E-state index >= 15 is 0 Å². The molecule has 2 heteroatoms. The largest absolute Gasteiger partial charge is 0.319 e. The Morgan fingerprint density at radius 2 is 2.07 bits per heavy atom. The van der Waals surface area contributed by atoms with Gasteiger partial charge in [0.05, 0.1) is 0 Å². The molecule has 1 heterocycles. The van der Waals surface area contributed by atoms with Gasteiger partial charge in [-0.1, -0.05) is 6.92 Å². The lowest BCUT2D eigenvalue weighted by Crippen LogP contribution is -2.21. The molecule has 0 bridgehead atoms. The lowest BCUT2D eigenvalue weighted by molar-refractivity contribution is 0.482. The fraction of sp³-hybridized carbons (Fsp3) is 0.667. The van der Waals surface area contributed by atoms with Crippen LogP contribution in [-0.2, 0) is 12.8 Å². The Balaban J connectivity index is 1.96. The van der Waals surface area contributed by atoms with Gasteiger partial charge < -0.3 is 5.32 Å². The maximum atomic E-state index is 3.32. The quantitative estimate of drug-likeness (QED) is 0.786. The molecule has 0 amide bonds. The standard InChI is InChI=1S/C12H19NS/c1-3-10-4-5-11(14-10)8-12(6-7-12)9-13-2/h4-5,13H,3,6-9H2,1-2H3. The summed E-state index contributed by atoms with van der Waals surface area (Å²) < 4.78 is 0. The van der Waals surface area contributed by atoms with Crippen LogP contribution in [0.4, 0.5) is 0 Å². The maximum Gasteiger partial charge on any atom is 0.00541 e. The van der Waals surface area contributed by atoms with E-state index in [9.17, 15) is 0 Å². The Hall–Kier alpha value is -0.340. The van der Waals surface area contributed by atoms with Gasteiger partial charge in [-0.05, 0) is 50.3 Å². The lowest BCUT2D eigenvalue weighted by atomic mass is 10.0. The van der Waals surface area contributed by atoms with Crippen molar-refractivity contribution in [2.24, 2.45) is 5.41 Å². The first-order valence-corrected chi connectivity index (χ1v) is 6.32. The molecule has 1 fully saturated rings. The maximum absolute atomic E-state index is 3.32. The van der Waals surface area contributed by atoms with Gasteiger partial charge in [-0.25, -0.2) is 0 Å². The van der Waals surface area contributed by atoms with Crippen LogP contribution in [-0.4, -0.2) is 13.6 Å². The summed E-state index contributed by atoms with van der Waals surface area (Å²) in [5.41, 5.74) is 0.616. The van der Waals surface area contributed by atoms with Crippen molar-refractivity contribution >= 4 is 11.3 Å². The molecule has 0 aliphatic heterocycles. The van der Waals surface area contributed by atoms with Gasteiger partial charge in [0.1, 0.15) is 0 Å². The molecule has 0 unspecified atom stereocenters. The van der Waals surface area contributed by atoms with Crippen molar-refractivity contribution in [1.29, 1.82) is 0 Å². The van der Waals surface area contributed by atoms with Gasteiger partial charge in [-0.3, -0.25) is 0 Å². The molecule has 1 aromatic heterocycles. The fourth-order valence-electron chi connectivity index (χ4n) is 2.04. The summed E-state index contributed by atoms with van der Waals surface area (Å²) in [5.74, 6) is 0. The number of rotatable bonds is 5. The van der Waals surface area contributed by atoms with E-state index in [-0.39, 0.29) is 0 Å². The van der Waals surface area contributed by atoms with Crippen LogP contribution in [0.5, 0.6) is 0 Å². The van der Waals surface area contributed by atoms with E-state index in [0.717, 1.165) is 0 Å². The zero-order valence-corrected chi connectivity index (χ0v) is 9.91. The first kappa shape index (κ1) is 10.2. The van der Waals surface area contributed by atoms with E-state index in [1.807, 2.05) is 11.3 Å². The van der Waals surface area contributed by atoms with Gasteiger partial charge in [-0.15, -0.1) is 11.3 Å². The van der Waals surface area contributed by atoms with Crippen molar-refractivity contribution in [2.45, 2.75) is 32.6 Å². The molecule has 0 saturated heterocycles. The molecular weight excluding hydrogens is 190 g/mol. The fourth-order valence-corrected chi connectivity index (χ4v) is 3.18. The highest BCUT2D eigenvalue weighted by atomic mass is 32.1. The first-order chi connectivity index (χ1) is 6.78. The van der Waals surface area contributed by atoms with E-state index in [0.29, 0.717) is 5.41 Å². The van der Waals surface area contributed by atoms with Gasteiger partial charge in [0.25, 0.3) is 0 Å². The SMILES string of the molecule is CCc1ccc(CC2(CNC)CC2)s1. The molecule has 1 aliphatic carbocycles. The average molecular weight is 209 g/mol. The van der Waals surface area contributed by atoms with Gasteiger partial charge in [0.2, 0.25) is 0 Å². The minimum absolute atomic E-state index is 0.616. The van der Waals surface area contributed by atoms with Crippen LogP contribution in [0.3, 0.4) is 0 Å². The minimum Gasteiger partial charge on any atom is -0.319 e. The van der Waals surface area contributed by atoms with Crippen molar-refractivity contribution < 1.29 is 0 Å². The van der Waals surface area contributed by atoms with Gasteiger partial charge >= 0.3 is 0 Å². The normalized spacial score (nSPS) is 18.4. The van der Waals surface area contributed by atoms with Crippen LogP contribution >= 0.6 is 11.3 Å². The van der Waals surface area contributed by atoms with Crippen LogP contribution in [0.1, 0.15) is 29.5 Å². The second-order valence-corrected chi connectivity index (χ2v) is 5.68. The molecule has 14 heavy (non-hydrogen) atoms. The number of hydrogen-bond acceptors (Lipinski definition) is 2. The average Bonchev–Trinajstić information content (AvgIpc) is 2.78. The van der Waals surface area contributed by atoms with Crippen LogP contribution < -0.4 is 5.32 Å². The molecule has 0 aromatic carbocycles. The van der Waals surface area contributed by atoms with Crippen LogP contribution in [0, 0.1) is 5.41 Å². The van der Waals surface area contributed by atoms with Crippen molar-refractivity contribution in [2.75, 3.05) is 13.6 Å². The number of thiophene rings is 1. The highest BCUT2D eigenvalue weighted by Crippen LogP contribution is 2.48. The highest BCUT2D eigenvalue weighted by Gasteiger charge is 2.41. The van der Waals surface area contributed by atoms with Crippen molar-refractivity contribution in [3.05, 3.63) is 21.9 Å². The third kappa shape index (κ3) is 2.18. The van der Waals surface area contributed by atoms with E-state index in [2.05, 4.69) is 31.4 Å². The molecule has 0 spiro atoms. The Kier molecular flexibility index (Phi) is 2.93. The zero-order valence-electron chi connectivity index (χ0n) is 9.10. The Bertz CT molecular complexity index is 299. The van der Waals surface area contributed by atoms with E-state index < -0.39 is 0 Å². The van der Waals surface area contributed by atoms with Crippen molar-refractivity contribution in [3.8, 4) is 0 Å². The number of aryl methyl sites for hydroxylation is 1. The molecule has 1 aromatic rings. The second kappa shape index (κ2) is 4.03. The Morgan fingerprint density at radius 3 is 2.57 bits per heavy atom. The van der Waals surface area contributed by atoms with Gasteiger partial charge in [0, 0.05) is 16.3 Å².